The maximum Gasteiger partial charge on any atom is 0.432 e. The van der Waals surface area contributed by atoms with Crippen LogP contribution in [-0.2, 0) is 0 Å². The van der Waals surface area contributed by atoms with Crippen LogP contribution in [0.3, 0.4) is 0 Å². The largest absolute Gasteiger partial charge is 0.432 e. The van der Waals surface area contributed by atoms with Crippen molar-refractivity contribution in [2.75, 3.05) is 10.7 Å². The molecule has 2 aliphatic rings. The Hall–Kier alpha value is -4.82. The number of anilines is 2. The van der Waals surface area contributed by atoms with Crippen molar-refractivity contribution in [3.63, 3.8) is 0 Å². The van der Waals surface area contributed by atoms with Crippen LogP contribution in [0.25, 0.3) is 33.4 Å². The van der Waals surface area contributed by atoms with Crippen molar-refractivity contribution in [3.8, 4) is 22.4 Å². The number of nitrogens with two attached hydrogens (primary N) is 3. The van der Waals surface area contributed by atoms with Crippen LogP contribution in [0.2, 0.25) is 5.02 Å². The normalized spacial score (nSPS) is 19.5. The summed E-state index contributed by atoms with van der Waals surface area (Å²) in [6.07, 6.45) is -3.49. The molecule has 5 aromatic rings. The number of nitrogen functional groups attached to an aromatic ring is 1. The molecule has 0 amide bonds. The van der Waals surface area contributed by atoms with E-state index >= 15 is 4.39 Å². The number of fused-ring (bicyclic) bond motifs is 4. The predicted molar refractivity (Wildman–Crippen MR) is 151 cm³/mol. The Labute approximate surface area is 244 Å². The summed E-state index contributed by atoms with van der Waals surface area (Å²) >= 11 is 6.22. The van der Waals surface area contributed by atoms with Crippen molar-refractivity contribution >= 4 is 34.1 Å². The number of allylic oxidation sites excluding steroid dienone is 1. The maximum absolute atomic E-state index is 15.2. The molecule has 1 fully saturated rings. The number of hydrazine groups is 1. The van der Waals surface area contributed by atoms with Crippen LogP contribution in [-0.4, -0.2) is 25.9 Å². The van der Waals surface area contributed by atoms with E-state index in [-0.39, 0.29) is 39.9 Å². The lowest BCUT2D eigenvalue weighted by molar-refractivity contribution is -0.0928. The van der Waals surface area contributed by atoms with Crippen molar-refractivity contribution in [3.05, 3.63) is 93.3 Å². The van der Waals surface area contributed by atoms with Crippen molar-refractivity contribution in [2.24, 2.45) is 17.5 Å². The van der Waals surface area contributed by atoms with Gasteiger partial charge in [-0.1, -0.05) is 22.8 Å². The number of pyridine rings is 1. The van der Waals surface area contributed by atoms with Crippen LogP contribution < -0.4 is 27.9 Å². The molecule has 3 aromatic heterocycles. The van der Waals surface area contributed by atoms with E-state index in [1.165, 1.54) is 24.3 Å². The number of nitrogens with zero attached hydrogens (tertiary/aromatic N) is 4. The zero-order valence-electron chi connectivity index (χ0n) is 21.9. The Bertz CT molecular complexity index is 2030. The number of halogens is 5. The molecule has 3 atom stereocenters. The van der Waals surface area contributed by atoms with Gasteiger partial charge in [-0.2, -0.15) is 17.6 Å². The monoisotopic (exact) mass is 612 g/mol. The molecule has 0 spiro atoms. The quantitative estimate of drug-likeness (QED) is 0.120. The minimum Gasteiger partial charge on any atom is -0.393 e. The molecule has 1 aliphatic heterocycles. The number of alkyl halides is 3. The molecule has 0 saturated heterocycles. The molecule has 10 nitrogen and oxygen atoms in total. The van der Waals surface area contributed by atoms with Gasteiger partial charge in [0.1, 0.15) is 17.2 Å². The zero-order valence-corrected chi connectivity index (χ0v) is 22.6. The van der Waals surface area contributed by atoms with Gasteiger partial charge in [0.15, 0.2) is 11.4 Å². The van der Waals surface area contributed by atoms with Crippen LogP contribution in [0.5, 0.6) is 0 Å². The highest BCUT2D eigenvalue weighted by molar-refractivity contribution is 6.31. The highest BCUT2D eigenvalue weighted by Gasteiger charge is 2.54. The van der Waals surface area contributed by atoms with Gasteiger partial charge >= 0.3 is 6.18 Å². The first-order valence-corrected chi connectivity index (χ1v) is 13.3. The number of aromatic nitrogens is 4. The van der Waals surface area contributed by atoms with Crippen LogP contribution in [0.4, 0.5) is 29.1 Å². The van der Waals surface area contributed by atoms with E-state index in [0.717, 1.165) is 11.4 Å². The molecular formula is C28H21ClF4N8O2. The van der Waals surface area contributed by atoms with E-state index in [0.29, 0.717) is 39.6 Å². The van der Waals surface area contributed by atoms with Crippen molar-refractivity contribution < 1.29 is 22.1 Å². The van der Waals surface area contributed by atoms with Gasteiger partial charge in [0, 0.05) is 40.0 Å². The van der Waals surface area contributed by atoms with Gasteiger partial charge in [0.05, 0.1) is 17.1 Å². The van der Waals surface area contributed by atoms with Crippen LogP contribution >= 0.6 is 11.6 Å². The topological polar surface area (TPSA) is 158 Å². The minimum atomic E-state index is -4.78. The third-order valence-electron chi connectivity index (χ3n) is 7.89. The second kappa shape index (κ2) is 9.34. The summed E-state index contributed by atoms with van der Waals surface area (Å²) < 4.78 is 61.1. The second-order valence-corrected chi connectivity index (χ2v) is 11.0. The first-order chi connectivity index (χ1) is 20.4. The SMILES string of the molecule is N/C(=C\N(N)c1ccc(Cl)cc1-c1cc2n(c(=O)c1)C(c1nc(-c3ccc4c(N)noc4c3)c(F)[nH]1)C1CC21)C(F)(F)F. The summed E-state index contributed by atoms with van der Waals surface area (Å²) in [6, 6.07) is 11.9. The van der Waals surface area contributed by atoms with Crippen LogP contribution in [0, 0.1) is 11.9 Å². The number of rotatable bonds is 5. The fraction of sp³-hybridized carbons (Fsp3) is 0.179. The fourth-order valence-corrected chi connectivity index (χ4v) is 5.99. The number of aromatic amines is 1. The summed E-state index contributed by atoms with van der Waals surface area (Å²) in [5.41, 5.74) is 11.6. The van der Waals surface area contributed by atoms with Gasteiger partial charge in [0.25, 0.3) is 5.56 Å². The Balaban J connectivity index is 1.27. The Kier molecular flexibility index (Phi) is 5.87. The first-order valence-electron chi connectivity index (χ1n) is 13.0. The average molecular weight is 613 g/mol. The third kappa shape index (κ3) is 4.41. The molecule has 0 radical (unpaired) electrons. The van der Waals surface area contributed by atoms with E-state index in [1.807, 2.05) is 0 Å². The highest BCUT2D eigenvalue weighted by Crippen LogP contribution is 2.60. The average Bonchev–Trinajstić information content (AvgIpc) is 3.34. The number of hydrogen-bond acceptors (Lipinski definition) is 8. The van der Waals surface area contributed by atoms with Gasteiger partial charge in [-0.15, -0.1) is 0 Å². The summed E-state index contributed by atoms with van der Waals surface area (Å²) in [4.78, 5) is 20.8. The summed E-state index contributed by atoms with van der Waals surface area (Å²) in [5.74, 6) is 5.78. The van der Waals surface area contributed by atoms with Crippen molar-refractivity contribution in [1.29, 1.82) is 0 Å². The van der Waals surface area contributed by atoms with Gasteiger partial charge < -0.3 is 25.5 Å². The van der Waals surface area contributed by atoms with Gasteiger partial charge in [-0.05, 0) is 54.3 Å². The molecule has 3 unspecified atom stereocenters. The lowest BCUT2D eigenvalue weighted by Gasteiger charge is -2.21. The van der Waals surface area contributed by atoms with Crippen LogP contribution in [0.15, 0.2) is 69.7 Å². The molecule has 7 N–H and O–H groups in total. The van der Waals surface area contributed by atoms with E-state index in [2.05, 4.69) is 15.1 Å². The first kappa shape index (κ1) is 27.0. The predicted octanol–water partition coefficient (Wildman–Crippen LogP) is 5.17. The number of H-pyrrole nitrogens is 1. The molecule has 4 heterocycles. The Morgan fingerprint density at radius 1 is 1.16 bits per heavy atom. The van der Waals surface area contributed by atoms with Gasteiger partial charge in [-0.3, -0.25) is 9.80 Å². The number of nitrogens with one attached hydrogen (secondary N) is 1. The molecule has 7 rings (SSSR count). The smallest absolute Gasteiger partial charge is 0.393 e. The number of imidazole rings is 1. The van der Waals surface area contributed by atoms with Gasteiger partial charge in [0.2, 0.25) is 5.95 Å². The molecule has 1 saturated carbocycles. The fourth-order valence-electron chi connectivity index (χ4n) is 5.82. The Morgan fingerprint density at radius 3 is 2.72 bits per heavy atom. The van der Waals surface area contributed by atoms with E-state index in [1.54, 1.807) is 28.8 Å². The number of benzene rings is 2. The number of hydrogen-bond donors (Lipinski definition) is 4. The van der Waals surface area contributed by atoms with E-state index in [9.17, 15) is 18.0 Å². The maximum atomic E-state index is 15.2. The van der Waals surface area contributed by atoms with Crippen LogP contribution in [0.1, 0.15) is 29.9 Å². The second-order valence-electron chi connectivity index (χ2n) is 10.5. The zero-order chi connectivity index (χ0) is 30.4. The molecule has 43 heavy (non-hydrogen) atoms. The van der Waals surface area contributed by atoms with Crippen molar-refractivity contribution in [1.82, 2.24) is 19.7 Å². The van der Waals surface area contributed by atoms with Crippen molar-refractivity contribution in [2.45, 2.75) is 24.6 Å². The lowest BCUT2D eigenvalue weighted by Crippen LogP contribution is -2.30. The van der Waals surface area contributed by atoms with Gasteiger partial charge in [-0.25, -0.2) is 10.8 Å². The molecule has 15 heteroatoms. The Morgan fingerprint density at radius 2 is 1.95 bits per heavy atom. The molecular weight excluding hydrogens is 592 g/mol. The summed E-state index contributed by atoms with van der Waals surface area (Å²) in [7, 11) is 0. The highest BCUT2D eigenvalue weighted by atomic mass is 35.5. The third-order valence-corrected chi connectivity index (χ3v) is 8.12. The molecule has 2 aromatic carbocycles. The minimum absolute atomic E-state index is 0.000151. The van der Waals surface area contributed by atoms with E-state index in [4.69, 9.17) is 33.4 Å². The van der Waals surface area contributed by atoms with E-state index < -0.39 is 29.4 Å². The standard InChI is InChI=1S/C28H21ClF4N8O2/c29-13-2-4-18(40(36)10-21(34)28(31,32)33)15(8-13)12-5-19-16-9-17(16)24(41(19)22(42)7-12)27-37-23(25(30)38-27)11-1-3-14-20(6-11)43-39-26(14)35/h1-8,10,16-17,24H,9,34,36H2,(H2,35,39)(H,37,38)/b21-10-. The molecule has 1 aliphatic carbocycles. The summed E-state index contributed by atoms with van der Waals surface area (Å²) in [5, 5.41) is 5.33. The molecule has 220 valence electrons. The summed E-state index contributed by atoms with van der Waals surface area (Å²) in [6.45, 7) is 0. The lowest BCUT2D eigenvalue weighted by atomic mass is 10.0. The molecule has 0 bridgehead atoms.